The van der Waals surface area contributed by atoms with Crippen molar-refractivity contribution in [1.29, 1.82) is 0 Å². The number of oxazole rings is 1. The molecule has 2 aliphatic carbocycles. The van der Waals surface area contributed by atoms with Gasteiger partial charge in [-0.1, -0.05) is 49.9 Å². The van der Waals surface area contributed by atoms with Crippen LogP contribution in [0.4, 0.5) is 14.5 Å². The number of pyridine rings is 1. The van der Waals surface area contributed by atoms with Gasteiger partial charge in [0.25, 0.3) is 12.3 Å². The van der Waals surface area contributed by atoms with Gasteiger partial charge in [-0.2, -0.15) is 5.10 Å². The first-order valence-electron chi connectivity index (χ1n) is 22.1. The van der Waals surface area contributed by atoms with E-state index in [-0.39, 0.29) is 40.9 Å². The number of ketones is 2. The van der Waals surface area contributed by atoms with Gasteiger partial charge >= 0.3 is 5.69 Å². The zero-order valence-corrected chi connectivity index (χ0v) is 35.6. The van der Waals surface area contributed by atoms with Crippen molar-refractivity contribution < 1.29 is 32.3 Å². The lowest BCUT2D eigenvalue weighted by Gasteiger charge is -2.21. The predicted molar refractivity (Wildman–Crippen MR) is 233 cm³/mol. The SMILES string of the molecule is Cn1c(=O)n(C2CCC(=O)CC2=O)c2cccc(CCCCOCCCCCCc3ccc(-n4cc(NC(=O)c5coc(-c6ccnc(CCC7CC7)c6)n5)c(C(F)F)n4)cc3)c21. The van der Waals surface area contributed by atoms with Crippen LogP contribution < -0.4 is 11.0 Å². The summed E-state index contributed by atoms with van der Waals surface area (Å²) in [7, 11) is 1.74. The highest BCUT2D eigenvalue weighted by atomic mass is 19.3. The van der Waals surface area contributed by atoms with E-state index in [1.165, 1.54) is 30.0 Å². The first kappa shape index (κ1) is 43.6. The van der Waals surface area contributed by atoms with E-state index >= 15 is 0 Å². The molecule has 8 rings (SSSR count). The maximum atomic E-state index is 14.1. The van der Waals surface area contributed by atoms with Gasteiger partial charge in [-0.15, -0.1) is 0 Å². The van der Waals surface area contributed by atoms with Crippen LogP contribution in [0.3, 0.4) is 0 Å². The third kappa shape index (κ3) is 10.6. The highest BCUT2D eigenvalue weighted by Crippen LogP contribution is 2.34. The number of fused-ring (bicyclic) bond motifs is 1. The van der Waals surface area contributed by atoms with Crippen LogP contribution in [0, 0.1) is 5.92 Å². The summed E-state index contributed by atoms with van der Waals surface area (Å²) in [5.74, 6) is 0.0940. The quantitative estimate of drug-likeness (QED) is 0.0551. The number of ether oxygens (including phenoxy) is 1. The maximum absolute atomic E-state index is 14.1. The van der Waals surface area contributed by atoms with Gasteiger partial charge in [0.05, 0.1) is 41.1 Å². The van der Waals surface area contributed by atoms with Crippen molar-refractivity contribution in [2.45, 2.75) is 109 Å². The number of anilines is 1. The minimum atomic E-state index is -2.91. The van der Waals surface area contributed by atoms with Crippen LogP contribution in [0.5, 0.6) is 0 Å². The Labute approximate surface area is 363 Å². The third-order valence-electron chi connectivity index (χ3n) is 12.1. The topological polar surface area (TPSA) is 156 Å². The molecule has 0 bridgehead atoms. The molecule has 0 spiro atoms. The van der Waals surface area contributed by atoms with Crippen molar-refractivity contribution in [3.05, 3.63) is 112 Å². The van der Waals surface area contributed by atoms with E-state index in [1.54, 1.807) is 28.4 Å². The second-order valence-corrected chi connectivity index (χ2v) is 16.8. The molecule has 0 radical (unpaired) electrons. The van der Waals surface area contributed by atoms with Crippen LogP contribution >= 0.6 is 0 Å². The molecule has 1 N–H and O–H groups in total. The number of unbranched alkanes of at least 4 members (excludes halogenated alkanes) is 4. The summed E-state index contributed by atoms with van der Waals surface area (Å²) in [6.07, 6.45) is 14.0. The van der Waals surface area contributed by atoms with E-state index in [9.17, 15) is 28.0 Å². The van der Waals surface area contributed by atoms with Crippen LogP contribution in [0.2, 0.25) is 0 Å². The fourth-order valence-electron chi connectivity index (χ4n) is 8.46. The van der Waals surface area contributed by atoms with Crippen molar-refractivity contribution in [3.8, 4) is 17.1 Å². The summed E-state index contributed by atoms with van der Waals surface area (Å²) >= 11 is 0. The van der Waals surface area contributed by atoms with Crippen molar-refractivity contribution in [2.24, 2.45) is 13.0 Å². The number of nitrogens with zero attached hydrogens (tertiary/aromatic N) is 6. The fourth-order valence-corrected chi connectivity index (χ4v) is 8.46. The molecular weight excluding hydrogens is 809 g/mol. The zero-order chi connectivity index (χ0) is 43.9. The number of aryl methyl sites for hydroxylation is 4. The number of rotatable bonds is 21. The standard InChI is InChI=1S/C48H53F2N7O6/c1-55-44-33(11-8-12-41(44)57(48(55)61)40-22-21-37(58)28-42(40)59)10-5-7-26-62-25-6-3-2-4-9-31-16-19-36(20-17-31)56-29-38(43(54-56)45(49)50)52-46(60)39-30-63-47(53-39)34-23-24-51-35(27-34)18-15-32-13-14-32/h8,11-12,16-17,19-20,23-24,27,29-30,32,40,45H,2-7,9-10,13-15,18,21-22,25-26,28H2,1H3,(H,52,60). The molecule has 6 aromatic rings. The first-order valence-corrected chi connectivity index (χ1v) is 22.1. The van der Waals surface area contributed by atoms with Gasteiger partial charge in [-0.25, -0.2) is 23.2 Å². The third-order valence-corrected chi connectivity index (χ3v) is 12.1. The van der Waals surface area contributed by atoms with Gasteiger partial charge in [-0.3, -0.25) is 28.5 Å². The fraction of sp³-hybridized carbons (Fsp3) is 0.438. The number of halogens is 2. The highest BCUT2D eigenvalue weighted by Gasteiger charge is 2.32. The predicted octanol–water partition coefficient (Wildman–Crippen LogP) is 9.11. The number of hydrogen-bond donors (Lipinski definition) is 1. The molecular formula is C48H53F2N7O6. The Morgan fingerprint density at radius 2 is 1.71 bits per heavy atom. The number of carbonyl (C=O) groups is 3. The Bertz CT molecular complexity index is 2620. The molecule has 1 unspecified atom stereocenters. The molecule has 2 aromatic carbocycles. The van der Waals surface area contributed by atoms with Crippen LogP contribution in [0.15, 0.2) is 82.5 Å². The zero-order valence-electron chi connectivity index (χ0n) is 35.6. The van der Waals surface area contributed by atoms with Crippen LogP contribution in [-0.4, -0.2) is 59.6 Å². The largest absolute Gasteiger partial charge is 0.444 e. The number of carbonyl (C=O) groups excluding carboxylic acids is 3. The van der Waals surface area contributed by atoms with Crippen molar-refractivity contribution in [2.75, 3.05) is 18.5 Å². The second-order valence-electron chi connectivity index (χ2n) is 16.8. The van der Waals surface area contributed by atoms with Crippen molar-refractivity contribution in [1.82, 2.24) is 28.9 Å². The Balaban J connectivity index is 0.738. The molecule has 0 aliphatic heterocycles. The lowest BCUT2D eigenvalue weighted by molar-refractivity contribution is -0.132. The summed E-state index contributed by atoms with van der Waals surface area (Å²) in [5.41, 5.74) is 5.07. The van der Waals surface area contributed by atoms with E-state index in [0.29, 0.717) is 37.3 Å². The van der Waals surface area contributed by atoms with Crippen molar-refractivity contribution in [3.63, 3.8) is 0 Å². The van der Waals surface area contributed by atoms with E-state index in [1.807, 2.05) is 48.5 Å². The number of para-hydroxylation sites is 1. The number of nitrogens with one attached hydrogen (secondary N) is 1. The summed E-state index contributed by atoms with van der Waals surface area (Å²) in [4.78, 5) is 59.5. The molecule has 1 atom stereocenters. The van der Waals surface area contributed by atoms with Crippen LogP contribution in [0.1, 0.15) is 123 Å². The van der Waals surface area contributed by atoms with E-state index in [2.05, 4.69) is 20.4 Å². The highest BCUT2D eigenvalue weighted by molar-refractivity contribution is 6.04. The molecule has 13 nitrogen and oxygen atoms in total. The summed E-state index contributed by atoms with van der Waals surface area (Å²) < 4.78 is 44.2. The number of amides is 1. The monoisotopic (exact) mass is 861 g/mol. The lowest BCUT2D eigenvalue weighted by Crippen LogP contribution is -2.34. The van der Waals surface area contributed by atoms with Gasteiger partial charge < -0.3 is 14.5 Å². The average molecular weight is 862 g/mol. The van der Waals surface area contributed by atoms with Crippen LogP contribution in [0.25, 0.3) is 28.2 Å². The minimum Gasteiger partial charge on any atom is -0.444 e. The summed E-state index contributed by atoms with van der Waals surface area (Å²) in [6, 6.07) is 16.5. The van der Waals surface area contributed by atoms with Crippen LogP contribution in [-0.2, 0) is 40.6 Å². The number of benzene rings is 2. The number of hydrogen-bond acceptors (Lipinski definition) is 9. The van der Waals surface area contributed by atoms with E-state index < -0.39 is 24.1 Å². The van der Waals surface area contributed by atoms with Gasteiger partial charge in [0.1, 0.15) is 12.0 Å². The van der Waals surface area contributed by atoms with E-state index in [4.69, 9.17) is 9.15 Å². The van der Waals surface area contributed by atoms with Gasteiger partial charge in [-0.05, 0) is 105 Å². The molecule has 0 saturated heterocycles. The molecule has 330 valence electrons. The molecule has 2 aliphatic rings. The lowest BCUT2D eigenvalue weighted by atomic mass is 9.92. The van der Waals surface area contributed by atoms with E-state index in [0.717, 1.165) is 98.0 Å². The normalized spacial score (nSPS) is 15.5. The molecule has 15 heteroatoms. The van der Waals surface area contributed by atoms with Gasteiger partial charge in [0.2, 0.25) is 5.89 Å². The second kappa shape index (κ2) is 20.0. The Kier molecular flexibility index (Phi) is 13.8. The molecule has 63 heavy (non-hydrogen) atoms. The Morgan fingerprint density at radius 1 is 0.937 bits per heavy atom. The molecule has 2 saturated carbocycles. The molecule has 4 aromatic heterocycles. The smallest absolute Gasteiger partial charge is 0.329 e. The average Bonchev–Trinajstić information content (AvgIpc) is 3.68. The molecule has 4 heterocycles. The number of Topliss-reactive ketones (excluding diaryl/α,β-unsaturated/α-hetero) is 2. The minimum absolute atomic E-state index is 0.0378. The van der Waals surface area contributed by atoms with Gasteiger partial charge in [0, 0.05) is 44.1 Å². The molecule has 2 fully saturated rings. The van der Waals surface area contributed by atoms with Crippen molar-refractivity contribution >= 4 is 34.2 Å². The number of imidazole rings is 1. The number of aromatic nitrogens is 6. The number of alkyl halides is 2. The Hall–Kier alpha value is -6.09. The molecule has 1 amide bonds. The maximum Gasteiger partial charge on any atom is 0.329 e. The Morgan fingerprint density at radius 3 is 2.49 bits per heavy atom. The summed E-state index contributed by atoms with van der Waals surface area (Å²) in [5, 5.41) is 6.63. The van der Waals surface area contributed by atoms with Gasteiger partial charge in [0.15, 0.2) is 17.2 Å². The summed E-state index contributed by atoms with van der Waals surface area (Å²) in [6.45, 7) is 1.35. The first-order chi connectivity index (χ1) is 30.6.